The normalized spacial score (nSPS) is 11.8. The molecule has 1 aromatic heterocycles. The molecule has 2 N–H and O–H groups in total. The molecule has 0 unspecified atom stereocenters. The van der Waals surface area contributed by atoms with Crippen LogP contribution in [0.25, 0.3) is 0 Å². The molecule has 0 saturated carbocycles. The number of aliphatic hydroxyl groups is 1. The van der Waals surface area contributed by atoms with Crippen LogP contribution in [0, 0.1) is 0 Å². The van der Waals surface area contributed by atoms with Gasteiger partial charge in [-0.05, 0) is 37.6 Å². The van der Waals surface area contributed by atoms with Crippen molar-refractivity contribution in [2.45, 2.75) is 19.4 Å². The lowest BCUT2D eigenvalue weighted by molar-refractivity contribution is -0.123. The molecule has 0 fully saturated rings. The summed E-state index contributed by atoms with van der Waals surface area (Å²) >= 11 is 1.56. The molecule has 5 nitrogen and oxygen atoms in total. The zero-order chi connectivity index (χ0) is 16.7. The van der Waals surface area contributed by atoms with E-state index in [2.05, 4.69) is 5.32 Å². The first-order valence-electron chi connectivity index (χ1n) is 7.38. The minimum atomic E-state index is -0.445. The van der Waals surface area contributed by atoms with Gasteiger partial charge < -0.3 is 19.9 Å². The zero-order valence-corrected chi connectivity index (χ0v) is 14.1. The second-order valence-corrected chi connectivity index (χ2v) is 6.25. The van der Waals surface area contributed by atoms with E-state index in [1.54, 1.807) is 37.5 Å². The first kappa shape index (κ1) is 17.3. The number of benzene rings is 1. The van der Waals surface area contributed by atoms with E-state index in [4.69, 9.17) is 9.47 Å². The maximum Gasteiger partial charge on any atom is 0.257 e. The quantitative estimate of drug-likeness (QED) is 0.778. The lowest BCUT2D eigenvalue weighted by Gasteiger charge is -2.08. The third-order valence-corrected chi connectivity index (χ3v) is 4.51. The van der Waals surface area contributed by atoms with Gasteiger partial charge in [-0.1, -0.05) is 6.07 Å². The van der Waals surface area contributed by atoms with E-state index in [1.165, 1.54) is 0 Å². The van der Waals surface area contributed by atoms with E-state index in [-0.39, 0.29) is 12.5 Å². The highest BCUT2D eigenvalue weighted by Crippen LogP contribution is 2.23. The molecular formula is C17H21NO4S. The van der Waals surface area contributed by atoms with Crippen molar-refractivity contribution in [2.75, 3.05) is 20.3 Å². The summed E-state index contributed by atoms with van der Waals surface area (Å²) in [5.74, 6) is 1.12. The third-order valence-electron chi connectivity index (χ3n) is 3.20. The maximum atomic E-state index is 11.8. The summed E-state index contributed by atoms with van der Waals surface area (Å²) in [4.78, 5) is 13.8. The Morgan fingerprint density at radius 2 is 2.09 bits per heavy atom. The number of hydrogen-bond donors (Lipinski definition) is 2. The van der Waals surface area contributed by atoms with Crippen LogP contribution in [0.1, 0.15) is 22.8 Å². The smallest absolute Gasteiger partial charge is 0.257 e. The van der Waals surface area contributed by atoms with Crippen molar-refractivity contribution >= 4 is 17.2 Å². The highest BCUT2D eigenvalue weighted by atomic mass is 32.1. The van der Waals surface area contributed by atoms with Crippen LogP contribution in [0.15, 0.2) is 36.4 Å². The van der Waals surface area contributed by atoms with E-state index >= 15 is 0 Å². The van der Waals surface area contributed by atoms with Crippen molar-refractivity contribution in [2.24, 2.45) is 0 Å². The summed E-state index contributed by atoms with van der Waals surface area (Å²) < 4.78 is 10.5. The summed E-state index contributed by atoms with van der Waals surface area (Å²) in [6.45, 7) is 2.25. The van der Waals surface area contributed by atoms with Gasteiger partial charge >= 0.3 is 0 Å². The topological polar surface area (TPSA) is 67.8 Å². The summed E-state index contributed by atoms with van der Waals surface area (Å²) in [6, 6.07) is 11.0. The van der Waals surface area contributed by atoms with Crippen molar-refractivity contribution in [3.05, 3.63) is 46.2 Å². The van der Waals surface area contributed by atoms with Crippen LogP contribution in [0.4, 0.5) is 0 Å². The highest BCUT2D eigenvalue weighted by molar-refractivity contribution is 7.12. The fraction of sp³-hybridized carbons (Fsp3) is 0.353. The minimum Gasteiger partial charge on any atom is -0.497 e. The number of aliphatic hydroxyl groups excluding tert-OH is 1. The van der Waals surface area contributed by atoms with Gasteiger partial charge in [-0.25, -0.2) is 0 Å². The summed E-state index contributed by atoms with van der Waals surface area (Å²) in [6.07, 6.45) is 0.294. The number of nitrogens with one attached hydrogen (secondary N) is 1. The molecule has 124 valence electrons. The Morgan fingerprint density at radius 1 is 1.30 bits per heavy atom. The SMILES string of the molecule is COc1cccc(OCC(=O)NCCc2ccc([C@@H](C)O)s2)c1. The first-order valence-corrected chi connectivity index (χ1v) is 8.20. The van der Waals surface area contributed by atoms with Crippen molar-refractivity contribution in [3.63, 3.8) is 0 Å². The largest absolute Gasteiger partial charge is 0.497 e. The molecule has 0 aliphatic carbocycles. The van der Waals surface area contributed by atoms with E-state index in [0.29, 0.717) is 18.0 Å². The third kappa shape index (κ3) is 5.58. The molecule has 0 aliphatic rings. The summed E-state index contributed by atoms with van der Waals surface area (Å²) in [5, 5.41) is 12.3. The van der Waals surface area contributed by atoms with Gasteiger partial charge in [0.1, 0.15) is 11.5 Å². The van der Waals surface area contributed by atoms with E-state index in [9.17, 15) is 9.90 Å². The van der Waals surface area contributed by atoms with Gasteiger partial charge in [-0.2, -0.15) is 0 Å². The Balaban J connectivity index is 1.70. The van der Waals surface area contributed by atoms with Crippen LogP contribution in [0.3, 0.4) is 0 Å². The number of ether oxygens (including phenoxy) is 2. The van der Waals surface area contributed by atoms with Crippen LogP contribution >= 0.6 is 11.3 Å². The number of rotatable bonds is 8. The molecule has 1 atom stereocenters. The predicted octanol–water partition coefficient (Wildman–Crippen LogP) is 2.55. The van der Waals surface area contributed by atoms with Crippen molar-refractivity contribution < 1.29 is 19.4 Å². The standard InChI is InChI=1S/C17H21NO4S/c1-12(19)16-7-6-15(23-16)8-9-18-17(20)11-22-14-5-3-4-13(10-14)21-2/h3-7,10,12,19H,8-9,11H2,1-2H3,(H,18,20)/t12-/m1/s1. The molecule has 1 aromatic carbocycles. The molecule has 0 radical (unpaired) electrons. The van der Waals surface area contributed by atoms with E-state index in [1.807, 2.05) is 24.3 Å². The van der Waals surface area contributed by atoms with Crippen LogP contribution < -0.4 is 14.8 Å². The number of amides is 1. The lowest BCUT2D eigenvalue weighted by atomic mass is 10.3. The second kappa shape index (κ2) is 8.55. The number of thiophene rings is 1. The fourth-order valence-electron chi connectivity index (χ4n) is 1.97. The predicted molar refractivity (Wildman–Crippen MR) is 90.2 cm³/mol. The number of methoxy groups -OCH3 is 1. The zero-order valence-electron chi connectivity index (χ0n) is 13.2. The Bertz CT molecular complexity index is 639. The van der Waals surface area contributed by atoms with Gasteiger partial charge in [-0.15, -0.1) is 11.3 Å². The van der Waals surface area contributed by atoms with Crippen molar-refractivity contribution in [3.8, 4) is 11.5 Å². The van der Waals surface area contributed by atoms with Gasteiger partial charge in [-0.3, -0.25) is 4.79 Å². The minimum absolute atomic E-state index is 0.0312. The fourth-order valence-corrected chi connectivity index (χ4v) is 2.92. The van der Waals surface area contributed by atoms with Crippen LogP contribution in [-0.4, -0.2) is 31.3 Å². The number of carbonyl (C=O) groups is 1. The molecule has 0 saturated heterocycles. The molecule has 1 heterocycles. The van der Waals surface area contributed by atoms with Gasteiger partial charge in [0.2, 0.25) is 0 Å². The number of hydrogen-bond acceptors (Lipinski definition) is 5. The van der Waals surface area contributed by atoms with Crippen LogP contribution in [0.2, 0.25) is 0 Å². The lowest BCUT2D eigenvalue weighted by Crippen LogP contribution is -2.30. The first-order chi connectivity index (χ1) is 11.1. The molecule has 0 spiro atoms. The van der Waals surface area contributed by atoms with E-state index < -0.39 is 6.10 Å². The second-order valence-electron chi connectivity index (χ2n) is 5.05. The Hall–Kier alpha value is -2.05. The van der Waals surface area contributed by atoms with Gasteiger partial charge in [0.25, 0.3) is 5.91 Å². The van der Waals surface area contributed by atoms with Gasteiger partial charge in [0, 0.05) is 22.4 Å². The molecule has 0 aliphatic heterocycles. The van der Waals surface area contributed by atoms with Crippen LogP contribution in [-0.2, 0) is 11.2 Å². The molecular weight excluding hydrogens is 314 g/mol. The Morgan fingerprint density at radius 3 is 2.78 bits per heavy atom. The molecule has 0 bridgehead atoms. The van der Waals surface area contributed by atoms with Crippen molar-refractivity contribution in [1.29, 1.82) is 0 Å². The van der Waals surface area contributed by atoms with Gasteiger partial charge in [0.05, 0.1) is 13.2 Å². The average Bonchev–Trinajstić information content (AvgIpc) is 3.02. The molecule has 2 rings (SSSR count). The van der Waals surface area contributed by atoms with Gasteiger partial charge in [0.15, 0.2) is 6.61 Å². The van der Waals surface area contributed by atoms with E-state index in [0.717, 1.165) is 16.2 Å². The number of carbonyl (C=O) groups excluding carboxylic acids is 1. The van der Waals surface area contributed by atoms with Crippen molar-refractivity contribution in [1.82, 2.24) is 5.32 Å². The average molecular weight is 335 g/mol. The van der Waals surface area contributed by atoms with Crippen LogP contribution in [0.5, 0.6) is 11.5 Å². The highest BCUT2D eigenvalue weighted by Gasteiger charge is 2.07. The molecule has 2 aromatic rings. The molecule has 6 heteroatoms. The summed E-state index contributed by atoms with van der Waals surface area (Å²) in [7, 11) is 1.58. The Labute approximate surface area is 139 Å². The monoisotopic (exact) mass is 335 g/mol. The molecule has 1 amide bonds. The summed E-state index contributed by atoms with van der Waals surface area (Å²) in [5.41, 5.74) is 0. The Kier molecular flexibility index (Phi) is 6.43. The molecule has 23 heavy (non-hydrogen) atoms. The maximum absolute atomic E-state index is 11.8.